The van der Waals surface area contributed by atoms with Gasteiger partial charge in [0.25, 0.3) is 0 Å². The van der Waals surface area contributed by atoms with E-state index < -0.39 is 0 Å². The van der Waals surface area contributed by atoms with Gasteiger partial charge in [0, 0.05) is 23.9 Å². The standard InChI is InChI=1S/C11H17ClN2S/c1-8(7-15-3)14(2)11-5-4-9(12)6-10(11)13/h4-6,8H,7,13H2,1-3H3. The highest BCUT2D eigenvalue weighted by Gasteiger charge is 2.11. The van der Waals surface area contributed by atoms with Crippen molar-refractivity contribution in [3.05, 3.63) is 23.2 Å². The van der Waals surface area contributed by atoms with Gasteiger partial charge in [0.05, 0.1) is 11.4 Å². The van der Waals surface area contributed by atoms with Gasteiger partial charge in [-0.05, 0) is 31.4 Å². The van der Waals surface area contributed by atoms with E-state index in [0.29, 0.717) is 11.1 Å². The molecular weight excluding hydrogens is 228 g/mol. The van der Waals surface area contributed by atoms with Crippen LogP contribution in [-0.2, 0) is 0 Å². The topological polar surface area (TPSA) is 29.3 Å². The maximum atomic E-state index is 5.92. The third kappa shape index (κ3) is 3.21. The lowest BCUT2D eigenvalue weighted by molar-refractivity contribution is 0.766. The molecule has 1 aromatic rings. The summed E-state index contributed by atoms with van der Waals surface area (Å²) < 4.78 is 0. The van der Waals surface area contributed by atoms with Crippen LogP contribution in [0.2, 0.25) is 5.02 Å². The quantitative estimate of drug-likeness (QED) is 0.826. The zero-order valence-electron chi connectivity index (χ0n) is 9.33. The molecule has 2 nitrogen and oxygen atoms in total. The predicted molar refractivity (Wildman–Crippen MR) is 72.1 cm³/mol. The van der Waals surface area contributed by atoms with E-state index in [1.165, 1.54) is 0 Å². The molecule has 0 aromatic heterocycles. The first-order chi connectivity index (χ1) is 7.06. The maximum absolute atomic E-state index is 5.92. The number of nitrogens with two attached hydrogens (primary N) is 1. The fourth-order valence-electron chi connectivity index (χ4n) is 1.44. The molecule has 1 aromatic carbocycles. The molecule has 0 aliphatic carbocycles. The lowest BCUT2D eigenvalue weighted by Gasteiger charge is -2.27. The zero-order chi connectivity index (χ0) is 11.4. The molecule has 0 radical (unpaired) electrons. The SMILES string of the molecule is CSCC(C)N(C)c1ccc(Cl)cc1N. The van der Waals surface area contributed by atoms with Crippen LogP contribution in [-0.4, -0.2) is 25.1 Å². The summed E-state index contributed by atoms with van der Waals surface area (Å²) in [5, 5.41) is 0.683. The lowest BCUT2D eigenvalue weighted by atomic mass is 10.2. The second kappa shape index (κ2) is 5.52. The van der Waals surface area contributed by atoms with Crippen molar-refractivity contribution in [3.8, 4) is 0 Å². The predicted octanol–water partition coefficient (Wildman–Crippen LogP) is 3.11. The van der Waals surface area contributed by atoms with Crippen LogP contribution in [0.25, 0.3) is 0 Å². The van der Waals surface area contributed by atoms with E-state index in [4.69, 9.17) is 17.3 Å². The van der Waals surface area contributed by atoms with E-state index in [2.05, 4.69) is 25.1 Å². The summed E-state index contributed by atoms with van der Waals surface area (Å²) in [5.74, 6) is 1.08. The highest BCUT2D eigenvalue weighted by Crippen LogP contribution is 2.27. The Kier molecular flexibility index (Phi) is 4.61. The van der Waals surface area contributed by atoms with Gasteiger partial charge in [0.15, 0.2) is 0 Å². The van der Waals surface area contributed by atoms with Crippen molar-refractivity contribution in [1.82, 2.24) is 0 Å². The van der Waals surface area contributed by atoms with Crippen LogP contribution in [0, 0.1) is 0 Å². The number of anilines is 2. The number of hydrogen-bond acceptors (Lipinski definition) is 3. The van der Waals surface area contributed by atoms with Crippen molar-refractivity contribution in [3.63, 3.8) is 0 Å². The molecule has 0 saturated carbocycles. The highest BCUT2D eigenvalue weighted by atomic mass is 35.5. The summed E-state index contributed by atoms with van der Waals surface area (Å²) in [4.78, 5) is 2.18. The van der Waals surface area contributed by atoms with Gasteiger partial charge in [-0.25, -0.2) is 0 Å². The van der Waals surface area contributed by atoms with Crippen LogP contribution in [0.15, 0.2) is 18.2 Å². The lowest BCUT2D eigenvalue weighted by Crippen LogP contribution is -2.31. The second-order valence-electron chi connectivity index (χ2n) is 3.62. The number of rotatable bonds is 4. The molecule has 0 bridgehead atoms. The number of benzene rings is 1. The Morgan fingerprint density at radius 3 is 2.73 bits per heavy atom. The van der Waals surface area contributed by atoms with Crippen molar-refractivity contribution >= 4 is 34.7 Å². The van der Waals surface area contributed by atoms with Gasteiger partial charge in [0.2, 0.25) is 0 Å². The van der Waals surface area contributed by atoms with Crippen molar-refractivity contribution in [2.75, 3.05) is 29.7 Å². The minimum absolute atomic E-state index is 0.462. The molecule has 0 amide bonds. The zero-order valence-corrected chi connectivity index (χ0v) is 10.9. The monoisotopic (exact) mass is 244 g/mol. The third-order valence-corrected chi connectivity index (χ3v) is 3.49. The number of nitrogen functional groups attached to an aromatic ring is 1. The van der Waals surface area contributed by atoms with Gasteiger partial charge in [-0.1, -0.05) is 11.6 Å². The van der Waals surface area contributed by atoms with E-state index in [9.17, 15) is 0 Å². The van der Waals surface area contributed by atoms with Gasteiger partial charge in [-0.3, -0.25) is 0 Å². The Morgan fingerprint density at radius 2 is 2.20 bits per heavy atom. The van der Waals surface area contributed by atoms with Crippen molar-refractivity contribution in [2.45, 2.75) is 13.0 Å². The summed E-state index contributed by atoms with van der Waals surface area (Å²) in [6, 6.07) is 6.09. The van der Waals surface area contributed by atoms with Crippen molar-refractivity contribution < 1.29 is 0 Å². The fraction of sp³-hybridized carbons (Fsp3) is 0.455. The molecule has 0 saturated heterocycles. The average molecular weight is 245 g/mol. The average Bonchev–Trinajstić information content (AvgIpc) is 2.17. The number of halogens is 1. The van der Waals surface area contributed by atoms with E-state index in [-0.39, 0.29) is 0 Å². The van der Waals surface area contributed by atoms with E-state index in [0.717, 1.165) is 17.1 Å². The van der Waals surface area contributed by atoms with E-state index in [1.54, 1.807) is 6.07 Å². The minimum Gasteiger partial charge on any atom is -0.397 e. The molecule has 0 aliphatic rings. The normalized spacial score (nSPS) is 12.5. The van der Waals surface area contributed by atoms with Gasteiger partial charge >= 0.3 is 0 Å². The molecule has 2 N–H and O–H groups in total. The summed E-state index contributed by atoms with van der Waals surface area (Å²) in [7, 11) is 2.06. The minimum atomic E-state index is 0.462. The molecule has 0 heterocycles. The van der Waals surface area contributed by atoms with Crippen LogP contribution in [0.1, 0.15) is 6.92 Å². The number of nitrogens with zero attached hydrogens (tertiary/aromatic N) is 1. The molecule has 1 atom stereocenters. The molecule has 1 rings (SSSR count). The molecule has 4 heteroatoms. The molecule has 15 heavy (non-hydrogen) atoms. The van der Waals surface area contributed by atoms with Crippen LogP contribution in [0.4, 0.5) is 11.4 Å². The van der Waals surface area contributed by atoms with Gasteiger partial charge in [-0.2, -0.15) is 11.8 Å². The third-order valence-electron chi connectivity index (χ3n) is 2.44. The van der Waals surface area contributed by atoms with Crippen LogP contribution >= 0.6 is 23.4 Å². The summed E-state index contributed by atoms with van der Waals surface area (Å²) in [6.45, 7) is 2.19. The molecule has 84 valence electrons. The Bertz CT molecular complexity index is 330. The largest absolute Gasteiger partial charge is 0.397 e. The fourth-order valence-corrected chi connectivity index (χ4v) is 2.32. The molecule has 0 spiro atoms. The number of hydrogen-bond donors (Lipinski definition) is 1. The second-order valence-corrected chi connectivity index (χ2v) is 4.97. The molecule has 1 unspecified atom stereocenters. The van der Waals surface area contributed by atoms with Crippen molar-refractivity contribution in [1.29, 1.82) is 0 Å². The first-order valence-electron chi connectivity index (χ1n) is 4.83. The van der Waals surface area contributed by atoms with Gasteiger partial charge in [-0.15, -0.1) is 0 Å². The maximum Gasteiger partial charge on any atom is 0.0601 e. The first kappa shape index (κ1) is 12.5. The molecule has 0 aliphatic heterocycles. The summed E-state index contributed by atoms with van der Waals surface area (Å²) in [5.41, 5.74) is 7.70. The van der Waals surface area contributed by atoms with E-state index >= 15 is 0 Å². The smallest absolute Gasteiger partial charge is 0.0601 e. The molecule has 0 fully saturated rings. The summed E-state index contributed by atoms with van der Waals surface area (Å²) >= 11 is 7.69. The van der Waals surface area contributed by atoms with Crippen LogP contribution in [0.3, 0.4) is 0 Å². The number of thioether (sulfide) groups is 1. The Hall–Kier alpha value is -0.540. The Balaban J connectivity index is 2.86. The van der Waals surface area contributed by atoms with Crippen molar-refractivity contribution in [2.24, 2.45) is 0 Å². The van der Waals surface area contributed by atoms with E-state index in [1.807, 2.05) is 23.9 Å². The molecular formula is C11H17ClN2S. The highest BCUT2D eigenvalue weighted by molar-refractivity contribution is 7.98. The van der Waals surface area contributed by atoms with Crippen LogP contribution < -0.4 is 10.6 Å². The summed E-state index contributed by atoms with van der Waals surface area (Å²) in [6.07, 6.45) is 2.11. The Labute approximate surface area is 101 Å². The van der Waals surface area contributed by atoms with Crippen LogP contribution in [0.5, 0.6) is 0 Å². The van der Waals surface area contributed by atoms with Gasteiger partial charge < -0.3 is 10.6 Å². The van der Waals surface area contributed by atoms with Gasteiger partial charge in [0.1, 0.15) is 0 Å². The first-order valence-corrected chi connectivity index (χ1v) is 6.60. The Morgan fingerprint density at radius 1 is 1.53 bits per heavy atom.